The summed E-state index contributed by atoms with van der Waals surface area (Å²) in [6.07, 6.45) is 3.85. The van der Waals surface area contributed by atoms with Crippen LogP contribution in [0.25, 0.3) is 0 Å². The van der Waals surface area contributed by atoms with E-state index < -0.39 is 5.60 Å². The van der Waals surface area contributed by atoms with Crippen LogP contribution in [0.2, 0.25) is 0 Å². The molecule has 0 aromatic rings. The first kappa shape index (κ1) is 15.9. The third kappa shape index (κ3) is 5.25. The number of hydrogen-bond donors (Lipinski definition) is 2. The molecule has 108 valence electrons. The van der Waals surface area contributed by atoms with Gasteiger partial charge in [-0.1, -0.05) is 13.8 Å². The molecular formula is C15H32N2O. The van der Waals surface area contributed by atoms with Gasteiger partial charge in [-0.15, -0.1) is 0 Å². The van der Waals surface area contributed by atoms with Gasteiger partial charge < -0.3 is 15.3 Å². The molecule has 1 saturated carbocycles. The van der Waals surface area contributed by atoms with Crippen LogP contribution < -0.4 is 5.32 Å². The summed E-state index contributed by atoms with van der Waals surface area (Å²) >= 11 is 0. The molecule has 0 aromatic carbocycles. The van der Waals surface area contributed by atoms with Gasteiger partial charge in [0.1, 0.15) is 0 Å². The van der Waals surface area contributed by atoms with Gasteiger partial charge in [-0.25, -0.2) is 0 Å². The van der Waals surface area contributed by atoms with Gasteiger partial charge in [0, 0.05) is 19.1 Å². The van der Waals surface area contributed by atoms with E-state index >= 15 is 0 Å². The monoisotopic (exact) mass is 256 g/mol. The zero-order chi connectivity index (χ0) is 14.0. The fourth-order valence-electron chi connectivity index (χ4n) is 3.43. The number of likely N-dealkylation sites (N-methyl/N-ethyl adjacent to an activating group) is 1. The predicted octanol–water partition coefficient (Wildman–Crippen LogP) is 2.10. The maximum absolute atomic E-state index is 9.89. The van der Waals surface area contributed by atoms with Crippen LogP contribution in [0.15, 0.2) is 0 Å². The van der Waals surface area contributed by atoms with Crippen molar-refractivity contribution in [2.75, 3.05) is 27.2 Å². The van der Waals surface area contributed by atoms with Crippen molar-refractivity contribution in [3.63, 3.8) is 0 Å². The molecule has 0 spiro atoms. The van der Waals surface area contributed by atoms with E-state index in [0.29, 0.717) is 17.4 Å². The topological polar surface area (TPSA) is 35.5 Å². The number of hydrogen-bond acceptors (Lipinski definition) is 3. The van der Waals surface area contributed by atoms with Crippen LogP contribution >= 0.6 is 0 Å². The van der Waals surface area contributed by atoms with Crippen molar-refractivity contribution in [1.29, 1.82) is 0 Å². The summed E-state index contributed by atoms with van der Waals surface area (Å²) in [5.74, 6) is 0.686. The fourth-order valence-corrected chi connectivity index (χ4v) is 3.43. The smallest absolute Gasteiger partial charge is 0.0718 e. The number of nitrogens with zero attached hydrogens (tertiary/aromatic N) is 1. The highest BCUT2D eigenvalue weighted by molar-refractivity contribution is 4.89. The Hall–Kier alpha value is -0.120. The van der Waals surface area contributed by atoms with Crippen molar-refractivity contribution in [2.45, 2.75) is 58.6 Å². The molecule has 0 bridgehead atoms. The molecule has 1 rings (SSSR count). The van der Waals surface area contributed by atoms with Crippen LogP contribution in [-0.4, -0.2) is 48.8 Å². The zero-order valence-corrected chi connectivity index (χ0v) is 13.1. The molecule has 0 radical (unpaired) electrons. The molecule has 0 saturated heterocycles. The first-order valence-electron chi connectivity index (χ1n) is 7.21. The molecule has 18 heavy (non-hydrogen) atoms. The lowest BCUT2D eigenvalue weighted by Gasteiger charge is -2.42. The van der Waals surface area contributed by atoms with Crippen LogP contribution in [0.4, 0.5) is 0 Å². The Morgan fingerprint density at radius 2 is 2.00 bits per heavy atom. The van der Waals surface area contributed by atoms with Gasteiger partial charge in [-0.3, -0.25) is 0 Å². The SMILES string of the molecule is CNC1CCC(C)(C)CC1CN(C)CC(C)(C)O. The first-order valence-corrected chi connectivity index (χ1v) is 7.21. The van der Waals surface area contributed by atoms with Gasteiger partial charge in [0.2, 0.25) is 0 Å². The van der Waals surface area contributed by atoms with E-state index in [-0.39, 0.29) is 0 Å². The molecule has 1 fully saturated rings. The summed E-state index contributed by atoms with van der Waals surface area (Å²) < 4.78 is 0. The third-order valence-corrected chi connectivity index (χ3v) is 4.09. The van der Waals surface area contributed by atoms with Gasteiger partial charge in [0.15, 0.2) is 0 Å². The molecule has 0 aliphatic heterocycles. The van der Waals surface area contributed by atoms with Crippen molar-refractivity contribution in [3.8, 4) is 0 Å². The van der Waals surface area contributed by atoms with Crippen LogP contribution in [-0.2, 0) is 0 Å². The second kappa shape index (κ2) is 5.89. The molecule has 3 nitrogen and oxygen atoms in total. The van der Waals surface area contributed by atoms with Crippen LogP contribution in [0, 0.1) is 11.3 Å². The first-order chi connectivity index (χ1) is 8.13. The Balaban J connectivity index is 2.56. The average molecular weight is 256 g/mol. The molecule has 1 aliphatic carbocycles. The Morgan fingerprint density at radius 1 is 1.39 bits per heavy atom. The van der Waals surface area contributed by atoms with Gasteiger partial charge in [0.25, 0.3) is 0 Å². The minimum absolute atomic E-state index is 0.466. The third-order valence-electron chi connectivity index (χ3n) is 4.09. The Labute approximate surface area is 113 Å². The standard InChI is InChI=1S/C15H32N2O/c1-14(2)8-7-13(16-5)12(9-14)10-17(6)11-15(3,4)18/h12-13,16,18H,7-11H2,1-6H3. The minimum Gasteiger partial charge on any atom is -0.389 e. The molecule has 2 unspecified atom stereocenters. The van der Waals surface area contributed by atoms with Crippen LogP contribution in [0.1, 0.15) is 47.0 Å². The van der Waals surface area contributed by atoms with Crippen molar-refractivity contribution in [3.05, 3.63) is 0 Å². The van der Waals surface area contributed by atoms with Crippen molar-refractivity contribution in [2.24, 2.45) is 11.3 Å². The van der Waals surface area contributed by atoms with E-state index in [0.717, 1.165) is 13.1 Å². The fraction of sp³-hybridized carbons (Fsp3) is 1.00. The molecule has 0 aromatic heterocycles. The van der Waals surface area contributed by atoms with Gasteiger partial charge in [-0.2, -0.15) is 0 Å². The maximum Gasteiger partial charge on any atom is 0.0718 e. The van der Waals surface area contributed by atoms with E-state index in [2.05, 4.69) is 38.2 Å². The quantitative estimate of drug-likeness (QED) is 0.791. The summed E-state index contributed by atoms with van der Waals surface area (Å²) in [7, 11) is 4.19. The van der Waals surface area contributed by atoms with Crippen LogP contribution in [0.3, 0.4) is 0 Å². The lowest BCUT2D eigenvalue weighted by atomic mass is 9.69. The van der Waals surface area contributed by atoms with Gasteiger partial charge in [0.05, 0.1) is 5.60 Å². The lowest BCUT2D eigenvalue weighted by Crippen LogP contribution is -2.47. The minimum atomic E-state index is -0.603. The summed E-state index contributed by atoms with van der Waals surface area (Å²) in [4.78, 5) is 2.27. The Kier molecular flexibility index (Phi) is 5.22. The number of aliphatic hydroxyl groups is 1. The second-order valence-electron chi connectivity index (χ2n) is 7.57. The van der Waals surface area contributed by atoms with E-state index in [1.54, 1.807) is 0 Å². The molecule has 0 amide bonds. The van der Waals surface area contributed by atoms with Crippen LogP contribution in [0.5, 0.6) is 0 Å². The molecule has 2 atom stereocenters. The molecule has 0 heterocycles. The lowest BCUT2D eigenvalue weighted by molar-refractivity contribution is 0.0297. The van der Waals surface area contributed by atoms with E-state index in [9.17, 15) is 5.11 Å². The second-order valence-corrected chi connectivity index (χ2v) is 7.57. The molecular weight excluding hydrogens is 224 g/mol. The molecule has 3 heteroatoms. The van der Waals surface area contributed by atoms with Crippen molar-refractivity contribution < 1.29 is 5.11 Å². The van der Waals surface area contributed by atoms with Gasteiger partial charge >= 0.3 is 0 Å². The van der Waals surface area contributed by atoms with Crippen molar-refractivity contribution in [1.82, 2.24) is 10.2 Å². The summed E-state index contributed by atoms with van der Waals surface area (Å²) in [5, 5.41) is 13.4. The summed E-state index contributed by atoms with van der Waals surface area (Å²) in [6.45, 7) is 10.3. The molecule has 2 N–H and O–H groups in total. The van der Waals surface area contributed by atoms with E-state index in [1.807, 2.05) is 13.8 Å². The molecule has 1 aliphatic rings. The summed E-state index contributed by atoms with van der Waals surface area (Å²) in [6, 6.07) is 0.627. The van der Waals surface area contributed by atoms with E-state index in [4.69, 9.17) is 0 Å². The highest BCUT2D eigenvalue weighted by atomic mass is 16.3. The highest BCUT2D eigenvalue weighted by Crippen LogP contribution is 2.38. The predicted molar refractivity (Wildman–Crippen MR) is 77.8 cm³/mol. The normalized spacial score (nSPS) is 28.7. The largest absolute Gasteiger partial charge is 0.389 e. The van der Waals surface area contributed by atoms with Gasteiger partial charge in [-0.05, 0) is 58.5 Å². The Morgan fingerprint density at radius 3 is 2.50 bits per heavy atom. The summed E-state index contributed by atoms with van der Waals surface area (Å²) in [5.41, 5.74) is -0.137. The number of nitrogens with one attached hydrogen (secondary N) is 1. The van der Waals surface area contributed by atoms with Crippen molar-refractivity contribution >= 4 is 0 Å². The maximum atomic E-state index is 9.89. The number of rotatable bonds is 5. The highest BCUT2D eigenvalue weighted by Gasteiger charge is 2.34. The Bertz CT molecular complexity index is 258. The van der Waals surface area contributed by atoms with E-state index in [1.165, 1.54) is 19.3 Å². The average Bonchev–Trinajstić information content (AvgIpc) is 2.13. The zero-order valence-electron chi connectivity index (χ0n) is 13.1.